The zero-order valence-corrected chi connectivity index (χ0v) is 10.4. The van der Waals surface area contributed by atoms with Gasteiger partial charge in [0.2, 0.25) is 0 Å². The van der Waals surface area contributed by atoms with Crippen LogP contribution >= 0.6 is 0 Å². The van der Waals surface area contributed by atoms with Gasteiger partial charge < -0.3 is 10.1 Å². The SMILES string of the molecule is CNC(COc1c(C)cccc1C)C1CC1. The third-order valence-corrected chi connectivity index (χ3v) is 3.38. The van der Waals surface area contributed by atoms with E-state index < -0.39 is 0 Å². The van der Waals surface area contributed by atoms with E-state index in [2.05, 4.69) is 37.4 Å². The van der Waals surface area contributed by atoms with Crippen LogP contribution in [0.2, 0.25) is 0 Å². The molecule has 0 amide bonds. The maximum Gasteiger partial charge on any atom is 0.125 e. The molecule has 16 heavy (non-hydrogen) atoms. The van der Waals surface area contributed by atoms with Crippen LogP contribution < -0.4 is 10.1 Å². The molecule has 1 fully saturated rings. The number of hydrogen-bond donors (Lipinski definition) is 1. The molecular weight excluding hydrogens is 198 g/mol. The second-order valence-corrected chi connectivity index (χ2v) is 4.76. The molecule has 0 spiro atoms. The van der Waals surface area contributed by atoms with E-state index in [1.54, 1.807) is 0 Å². The van der Waals surface area contributed by atoms with Crippen molar-refractivity contribution in [3.63, 3.8) is 0 Å². The van der Waals surface area contributed by atoms with Crippen LogP contribution in [0.25, 0.3) is 0 Å². The lowest BCUT2D eigenvalue weighted by Gasteiger charge is -2.18. The largest absolute Gasteiger partial charge is 0.491 e. The van der Waals surface area contributed by atoms with Gasteiger partial charge in [-0.05, 0) is 50.8 Å². The summed E-state index contributed by atoms with van der Waals surface area (Å²) in [7, 11) is 2.02. The summed E-state index contributed by atoms with van der Waals surface area (Å²) >= 11 is 0. The molecule has 1 unspecified atom stereocenters. The van der Waals surface area contributed by atoms with Gasteiger partial charge in [-0.3, -0.25) is 0 Å². The molecule has 1 atom stereocenters. The van der Waals surface area contributed by atoms with Crippen molar-refractivity contribution in [2.45, 2.75) is 32.7 Å². The number of rotatable bonds is 5. The monoisotopic (exact) mass is 219 g/mol. The highest BCUT2D eigenvalue weighted by atomic mass is 16.5. The Hall–Kier alpha value is -1.02. The summed E-state index contributed by atoms with van der Waals surface area (Å²) in [6.45, 7) is 4.99. The number of hydrogen-bond acceptors (Lipinski definition) is 2. The first-order valence-electron chi connectivity index (χ1n) is 6.08. The van der Waals surface area contributed by atoms with Crippen molar-refractivity contribution in [1.82, 2.24) is 5.32 Å². The number of para-hydroxylation sites is 1. The smallest absolute Gasteiger partial charge is 0.125 e. The van der Waals surface area contributed by atoms with Crippen LogP contribution in [-0.4, -0.2) is 19.7 Å². The Balaban J connectivity index is 1.98. The van der Waals surface area contributed by atoms with Gasteiger partial charge in [0.25, 0.3) is 0 Å². The fraction of sp³-hybridized carbons (Fsp3) is 0.571. The predicted octanol–water partition coefficient (Wildman–Crippen LogP) is 2.68. The topological polar surface area (TPSA) is 21.3 Å². The third kappa shape index (κ3) is 2.56. The van der Waals surface area contributed by atoms with Gasteiger partial charge in [-0.2, -0.15) is 0 Å². The standard InChI is InChI=1S/C14H21NO/c1-10-5-4-6-11(2)14(10)16-9-13(15-3)12-7-8-12/h4-6,12-13,15H,7-9H2,1-3H3. The van der Waals surface area contributed by atoms with Gasteiger partial charge in [0.15, 0.2) is 0 Å². The number of ether oxygens (including phenoxy) is 1. The zero-order chi connectivity index (χ0) is 11.5. The van der Waals surface area contributed by atoms with E-state index in [4.69, 9.17) is 4.74 Å². The van der Waals surface area contributed by atoms with Gasteiger partial charge in [-0.25, -0.2) is 0 Å². The lowest BCUT2D eigenvalue weighted by molar-refractivity contribution is 0.253. The molecule has 1 saturated carbocycles. The Morgan fingerprint density at radius 2 is 1.94 bits per heavy atom. The predicted molar refractivity (Wildman–Crippen MR) is 67.0 cm³/mol. The third-order valence-electron chi connectivity index (χ3n) is 3.38. The number of likely N-dealkylation sites (N-methyl/N-ethyl adjacent to an activating group) is 1. The van der Waals surface area contributed by atoms with Crippen LogP contribution in [0.1, 0.15) is 24.0 Å². The highest BCUT2D eigenvalue weighted by molar-refractivity contribution is 5.39. The Morgan fingerprint density at radius 1 is 1.31 bits per heavy atom. The first-order chi connectivity index (χ1) is 7.72. The van der Waals surface area contributed by atoms with Crippen LogP contribution in [0.15, 0.2) is 18.2 Å². The van der Waals surface area contributed by atoms with E-state index >= 15 is 0 Å². The van der Waals surface area contributed by atoms with Gasteiger partial charge in [-0.1, -0.05) is 18.2 Å². The Bertz CT molecular complexity index is 338. The fourth-order valence-electron chi connectivity index (χ4n) is 2.15. The van der Waals surface area contributed by atoms with Crippen molar-refractivity contribution in [2.24, 2.45) is 5.92 Å². The molecule has 0 aromatic heterocycles. The van der Waals surface area contributed by atoms with Crippen LogP contribution in [0.4, 0.5) is 0 Å². The van der Waals surface area contributed by atoms with E-state index in [0.717, 1.165) is 18.3 Å². The maximum atomic E-state index is 5.96. The second-order valence-electron chi connectivity index (χ2n) is 4.76. The summed E-state index contributed by atoms with van der Waals surface area (Å²) in [6.07, 6.45) is 2.70. The van der Waals surface area contributed by atoms with Gasteiger partial charge in [-0.15, -0.1) is 0 Å². The van der Waals surface area contributed by atoms with Gasteiger partial charge in [0, 0.05) is 6.04 Å². The summed E-state index contributed by atoms with van der Waals surface area (Å²) in [5, 5.41) is 3.35. The summed E-state index contributed by atoms with van der Waals surface area (Å²) in [5.41, 5.74) is 2.45. The average Bonchev–Trinajstić information content (AvgIpc) is 3.07. The van der Waals surface area contributed by atoms with E-state index in [1.807, 2.05) is 7.05 Å². The van der Waals surface area contributed by atoms with Crippen molar-refractivity contribution >= 4 is 0 Å². The summed E-state index contributed by atoms with van der Waals surface area (Å²) < 4.78 is 5.96. The maximum absolute atomic E-state index is 5.96. The molecule has 1 aliphatic rings. The van der Waals surface area contributed by atoms with Crippen molar-refractivity contribution < 1.29 is 4.74 Å². The molecule has 2 nitrogen and oxygen atoms in total. The normalized spacial score (nSPS) is 17.2. The van der Waals surface area contributed by atoms with E-state index in [0.29, 0.717) is 6.04 Å². The molecule has 0 aliphatic heterocycles. The molecule has 1 aromatic rings. The van der Waals surface area contributed by atoms with Crippen LogP contribution in [0, 0.1) is 19.8 Å². The van der Waals surface area contributed by atoms with E-state index in [9.17, 15) is 0 Å². The van der Waals surface area contributed by atoms with Gasteiger partial charge >= 0.3 is 0 Å². The van der Waals surface area contributed by atoms with E-state index in [-0.39, 0.29) is 0 Å². The van der Waals surface area contributed by atoms with E-state index in [1.165, 1.54) is 24.0 Å². The molecule has 1 aliphatic carbocycles. The molecule has 2 heteroatoms. The molecule has 2 rings (SSSR count). The molecule has 88 valence electrons. The Kier molecular flexibility index (Phi) is 3.49. The number of nitrogens with one attached hydrogen (secondary N) is 1. The van der Waals surface area contributed by atoms with Gasteiger partial charge in [0.05, 0.1) is 0 Å². The van der Waals surface area contributed by atoms with Crippen molar-refractivity contribution in [2.75, 3.05) is 13.7 Å². The van der Waals surface area contributed by atoms with Gasteiger partial charge in [0.1, 0.15) is 12.4 Å². The quantitative estimate of drug-likeness (QED) is 0.822. The van der Waals surface area contributed by atoms with Crippen LogP contribution in [0.3, 0.4) is 0 Å². The first-order valence-corrected chi connectivity index (χ1v) is 6.08. The Morgan fingerprint density at radius 3 is 2.44 bits per heavy atom. The number of benzene rings is 1. The average molecular weight is 219 g/mol. The summed E-state index contributed by atoms with van der Waals surface area (Å²) in [5.74, 6) is 1.89. The molecule has 0 radical (unpaired) electrons. The lowest BCUT2D eigenvalue weighted by atomic mass is 10.1. The number of aryl methyl sites for hydroxylation is 2. The Labute approximate surface area is 98.0 Å². The summed E-state index contributed by atoms with van der Waals surface area (Å²) in [4.78, 5) is 0. The van der Waals surface area contributed by atoms with Crippen molar-refractivity contribution in [1.29, 1.82) is 0 Å². The molecule has 1 aromatic carbocycles. The molecule has 1 N–H and O–H groups in total. The minimum absolute atomic E-state index is 0.513. The minimum atomic E-state index is 0.513. The summed E-state index contributed by atoms with van der Waals surface area (Å²) in [6, 6.07) is 6.80. The molecule has 0 heterocycles. The highest BCUT2D eigenvalue weighted by Gasteiger charge is 2.30. The molecular formula is C14H21NO. The lowest BCUT2D eigenvalue weighted by Crippen LogP contribution is -2.33. The van der Waals surface area contributed by atoms with Crippen molar-refractivity contribution in [3.05, 3.63) is 29.3 Å². The second kappa shape index (κ2) is 4.88. The minimum Gasteiger partial charge on any atom is -0.491 e. The zero-order valence-electron chi connectivity index (χ0n) is 10.4. The molecule has 0 saturated heterocycles. The molecule has 0 bridgehead atoms. The first kappa shape index (κ1) is 11.5. The van der Waals surface area contributed by atoms with Crippen LogP contribution in [0.5, 0.6) is 5.75 Å². The highest BCUT2D eigenvalue weighted by Crippen LogP contribution is 2.33. The fourth-order valence-corrected chi connectivity index (χ4v) is 2.15. The van der Waals surface area contributed by atoms with Crippen molar-refractivity contribution in [3.8, 4) is 5.75 Å². The van der Waals surface area contributed by atoms with Crippen LogP contribution in [-0.2, 0) is 0 Å².